The van der Waals surface area contributed by atoms with Gasteiger partial charge >= 0.3 is 5.97 Å². The minimum Gasteiger partial charge on any atom is -0.490 e. The third-order valence-electron chi connectivity index (χ3n) is 2.98. The molecule has 6 nitrogen and oxygen atoms in total. The van der Waals surface area contributed by atoms with Gasteiger partial charge in [0.1, 0.15) is 0 Å². The number of nitrogens with zero attached hydrogens (tertiary/aromatic N) is 3. The molecule has 2 radical (unpaired) electrons. The summed E-state index contributed by atoms with van der Waals surface area (Å²) in [7, 11) is 7.45. The van der Waals surface area contributed by atoms with Crippen LogP contribution in [0.15, 0.2) is 24.4 Å². The summed E-state index contributed by atoms with van der Waals surface area (Å²) in [5.74, 6) is 0.548. The van der Waals surface area contributed by atoms with E-state index in [1.54, 1.807) is 16.8 Å². The molecule has 0 aliphatic heterocycles. The maximum Gasteiger partial charge on any atom is 0.308 e. The van der Waals surface area contributed by atoms with E-state index >= 15 is 0 Å². The molecule has 22 heavy (non-hydrogen) atoms. The Balaban J connectivity index is 1.93. The highest BCUT2D eigenvalue weighted by molar-refractivity contribution is 6.08. The molecule has 0 unspecified atom stereocenters. The second-order valence-corrected chi connectivity index (χ2v) is 4.91. The highest BCUT2D eigenvalue weighted by Gasteiger charge is 2.09. The first-order valence-electron chi connectivity index (χ1n) is 7.08. The fraction of sp³-hybridized carbons (Fsp3) is 0.400. The Hall–Kier alpha value is -2.31. The van der Waals surface area contributed by atoms with Crippen LogP contribution in [0.4, 0.5) is 0 Å². The minimum absolute atomic E-state index is 0.384. The Morgan fingerprint density at radius 3 is 2.82 bits per heavy atom. The van der Waals surface area contributed by atoms with Crippen molar-refractivity contribution in [3.8, 4) is 11.5 Å². The summed E-state index contributed by atoms with van der Waals surface area (Å²) >= 11 is 0. The van der Waals surface area contributed by atoms with E-state index in [-0.39, 0.29) is 5.97 Å². The van der Waals surface area contributed by atoms with Gasteiger partial charge in [0.05, 0.1) is 20.1 Å². The average molecular weight is 299 g/mol. The van der Waals surface area contributed by atoms with E-state index in [1.807, 2.05) is 19.3 Å². The molecule has 2 aromatic rings. The molecule has 0 fully saturated rings. The first kappa shape index (κ1) is 16.1. The molecular weight excluding hydrogens is 281 g/mol. The van der Waals surface area contributed by atoms with E-state index in [4.69, 9.17) is 17.3 Å². The van der Waals surface area contributed by atoms with Gasteiger partial charge in [-0.05, 0) is 25.0 Å². The standard InChI is InChI=1S/C15H18BN3O3/c1-11(20)22-14-6-5-12(9-16)8-15(14)21-7-3-4-13-10-19(2)18-17-13/h5-6,8,10H,3-4,7,9H2,1-2H3. The van der Waals surface area contributed by atoms with Crippen molar-refractivity contribution < 1.29 is 14.3 Å². The van der Waals surface area contributed by atoms with Crippen LogP contribution in [0.3, 0.4) is 0 Å². The molecule has 0 atom stereocenters. The minimum atomic E-state index is -0.384. The number of esters is 1. The van der Waals surface area contributed by atoms with E-state index in [2.05, 4.69) is 10.3 Å². The zero-order valence-electron chi connectivity index (χ0n) is 12.8. The van der Waals surface area contributed by atoms with Gasteiger partial charge in [-0.25, -0.2) is 0 Å². The number of aromatic nitrogens is 3. The van der Waals surface area contributed by atoms with Crippen LogP contribution in [-0.2, 0) is 24.6 Å². The van der Waals surface area contributed by atoms with Gasteiger partial charge in [-0.2, -0.15) is 0 Å². The summed E-state index contributed by atoms with van der Waals surface area (Å²) in [6.07, 6.45) is 3.83. The largest absolute Gasteiger partial charge is 0.490 e. The molecule has 0 aliphatic rings. The van der Waals surface area contributed by atoms with Gasteiger partial charge in [0, 0.05) is 20.2 Å². The Kier molecular flexibility index (Phi) is 5.58. The number of carbonyl (C=O) groups is 1. The molecule has 0 spiro atoms. The van der Waals surface area contributed by atoms with Gasteiger partial charge in [-0.3, -0.25) is 9.48 Å². The van der Waals surface area contributed by atoms with Gasteiger partial charge in [0.25, 0.3) is 0 Å². The Bertz CT molecular complexity index is 643. The van der Waals surface area contributed by atoms with Gasteiger partial charge in [0.2, 0.25) is 0 Å². The van der Waals surface area contributed by atoms with Crippen molar-refractivity contribution in [2.45, 2.75) is 26.1 Å². The van der Waals surface area contributed by atoms with E-state index in [0.717, 1.165) is 24.1 Å². The number of rotatable bonds is 7. The van der Waals surface area contributed by atoms with E-state index in [0.29, 0.717) is 24.4 Å². The van der Waals surface area contributed by atoms with Crippen LogP contribution < -0.4 is 9.47 Å². The van der Waals surface area contributed by atoms with Crippen molar-refractivity contribution in [2.24, 2.45) is 7.05 Å². The summed E-state index contributed by atoms with van der Waals surface area (Å²) < 4.78 is 12.5. The number of ether oxygens (including phenoxy) is 2. The first-order chi connectivity index (χ1) is 10.6. The normalized spacial score (nSPS) is 10.5. The Morgan fingerprint density at radius 2 is 2.18 bits per heavy atom. The van der Waals surface area contributed by atoms with Crippen LogP contribution in [0.25, 0.3) is 0 Å². The van der Waals surface area contributed by atoms with Crippen molar-refractivity contribution in [1.82, 2.24) is 15.0 Å². The number of carbonyl (C=O) groups excluding carboxylic acids is 1. The van der Waals surface area contributed by atoms with Crippen molar-refractivity contribution >= 4 is 13.8 Å². The Morgan fingerprint density at radius 1 is 1.36 bits per heavy atom. The fourth-order valence-electron chi connectivity index (χ4n) is 1.98. The van der Waals surface area contributed by atoms with Crippen LogP contribution in [0.1, 0.15) is 24.6 Å². The van der Waals surface area contributed by atoms with Gasteiger partial charge in [-0.15, -0.1) is 5.10 Å². The first-order valence-corrected chi connectivity index (χ1v) is 7.08. The van der Waals surface area contributed by atoms with Gasteiger partial charge in [0.15, 0.2) is 11.5 Å². The summed E-state index contributed by atoms with van der Waals surface area (Å²) in [4.78, 5) is 11.1. The molecule has 0 bridgehead atoms. The van der Waals surface area contributed by atoms with Crippen molar-refractivity contribution in [3.63, 3.8) is 0 Å². The average Bonchev–Trinajstić information content (AvgIpc) is 2.90. The zero-order valence-corrected chi connectivity index (χ0v) is 12.8. The molecule has 0 aliphatic carbocycles. The summed E-state index contributed by atoms with van der Waals surface area (Å²) in [5.41, 5.74) is 1.84. The van der Waals surface area contributed by atoms with E-state index in [9.17, 15) is 4.79 Å². The van der Waals surface area contributed by atoms with Crippen molar-refractivity contribution in [1.29, 1.82) is 0 Å². The molecule has 114 valence electrons. The SMILES string of the molecule is [B]Cc1ccc(OC(C)=O)c(OCCCc2cn(C)nn2)c1. The molecule has 2 rings (SSSR count). The topological polar surface area (TPSA) is 66.2 Å². The summed E-state index contributed by atoms with van der Waals surface area (Å²) in [6.45, 7) is 1.84. The lowest BCUT2D eigenvalue weighted by Crippen LogP contribution is -2.06. The number of benzene rings is 1. The highest BCUT2D eigenvalue weighted by atomic mass is 16.6. The molecule has 0 N–H and O–H groups in total. The van der Waals surface area contributed by atoms with Crippen LogP contribution in [0.5, 0.6) is 11.5 Å². The van der Waals surface area contributed by atoms with E-state index in [1.165, 1.54) is 6.92 Å². The van der Waals surface area contributed by atoms with Gasteiger partial charge in [-0.1, -0.05) is 23.2 Å². The molecule has 7 heteroatoms. The van der Waals surface area contributed by atoms with Crippen molar-refractivity contribution in [3.05, 3.63) is 35.7 Å². The smallest absolute Gasteiger partial charge is 0.308 e. The lowest BCUT2D eigenvalue weighted by atomic mass is 9.97. The predicted octanol–water partition coefficient (Wildman–Crippen LogP) is 1.42. The molecule has 0 saturated carbocycles. The lowest BCUT2D eigenvalue weighted by molar-refractivity contribution is -0.132. The fourth-order valence-corrected chi connectivity index (χ4v) is 1.98. The molecule has 1 aromatic heterocycles. The van der Waals surface area contributed by atoms with Crippen LogP contribution in [-0.4, -0.2) is 35.4 Å². The van der Waals surface area contributed by atoms with Gasteiger partial charge < -0.3 is 9.47 Å². The molecule has 0 amide bonds. The molecule has 1 aromatic carbocycles. The highest BCUT2D eigenvalue weighted by Crippen LogP contribution is 2.28. The third kappa shape index (κ3) is 4.61. The van der Waals surface area contributed by atoms with Crippen LogP contribution in [0, 0.1) is 0 Å². The maximum atomic E-state index is 11.1. The summed E-state index contributed by atoms with van der Waals surface area (Å²) in [5, 5.41) is 7.89. The monoisotopic (exact) mass is 299 g/mol. The second kappa shape index (κ2) is 7.63. The second-order valence-electron chi connectivity index (χ2n) is 4.91. The molecule has 1 heterocycles. The lowest BCUT2D eigenvalue weighted by Gasteiger charge is -2.12. The summed E-state index contributed by atoms with van der Waals surface area (Å²) in [6, 6.07) is 5.30. The van der Waals surface area contributed by atoms with E-state index < -0.39 is 0 Å². The number of hydrogen-bond acceptors (Lipinski definition) is 5. The van der Waals surface area contributed by atoms with Crippen molar-refractivity contribution in [2.75, 3.05) is 6.61 Å². The number of aryl methyl sites for hydroxylation is 2. The number of hydrogen-bond donors (Lipinski definition) is 0. The Labute approximate surface area is 130 Å². The predicted molar refractivity (Wildman–Crippen MR) is 82.0 cm³/mol. The van der Waals surface area contributed by atoms with Crippen LogP contribution >= 0.6 is 0 Å². The molecular formula is C15H18BN3O3. The quantitative estimate of drug-likeness (QED) is 0.335. The maximum absolute atomic E-state index is 11.1. The molecule has 0 saturated heterocycles. The van der Waals surface area contributed by atoms with Crippen LogP contribution in [0.2, 0.25) is 0 Å². The zero-order chi connectivity index (χ0) is 15.9. The third-order valence-corrected chi connectivity index (χ3v) is 2.98.